The molecule has 5 heteroatoms. The standard InChI is InChI=1S/C13H19N5/c1-4-10-7-5-6-8-11(10)12(14-2)9-13-15-17-18(3)16-13/h5-8,12,14H,4,9H2,1-3H3. The molecule has 1 aromatic carbocycles. The molecule has 1 N–H and O–H groups in total. The van der Waals surface area contributed by atoms with Crippen molar-refractivity contribution in [3.63, 3.8) is 0 Å². The van der Waals surface area contributed by atoms with Crippen LogP contribution < -0.4 is 5.32 Å². The molecule has 0 amide bonds. The average molecular weight is 245 g/mol. The van der Waals surface area contributed by atoms with E-state index in [1.165, 1.54) is 15.9 Å². The van der Waals surface area contributed by atoms with E-state index in [1.54, 1.807) is 7.05 Å². The van der Waals surface area contributed by atoms with Crippen molar-refractivity contribution in [3.05, 3.63) is 41.2 Å². The van der Waals surface area contributed by atoms with Gasteiger partial charge in [-0.1, -0.05) is 31.2 Å². The van der Waals surface area contributed by atoms with Crippen molar-refractivity contribution in [2.45, 2.75) is 25.8 Å². The van der Waals surface area contributed by atoms with E-state index in [-0.39, 0.29) is 6.04 Å². The maximum Gasteiger partial charge on any atom is 0.176 e. The van der Waals surface area contributed by atoms with Gasteiger partial charge in [-0.15, -0.1) is 10.2 Å². The summed E-state index contributed by atoms with van der Waals surface area (Å²) >= 11 is 0. The molecule has 2 aromatic rings. The molecule has 1 aromatic heterocycles. The van der Waals surface area contributed by atoms with E-state index in [1.807, 2.05) is 7.05 Å². The molecule has 1 unspecified atom stereocenters. The highest BCUT2D eigenvalue weighted by atomic mass is 15.6. The van der Waals surface area contributed by atoms with Crippen LogP contribution in [0.25, 0.3) is 0 Å². The van der Waals surface area contributed by atoms with Crippen molar-refractivity contribution in [2.24, 2.45) is 7.05 Å². The monoisotopic (exact) mass is 245 g/mol. The van der Waals surface area contributed by atoms with Crippen molar-refractivity contribution in [1.29, 1.82) is 0 Å². The fourth-order valence-corrected chi connectivity index (χ4v) is 2.15. The van der Waals surface area contributed by atoms with E-state index < -0.39 is 0 Å². The van der Waals surface area contributed by atoms with Gasteiger partial charge in [0.05, 0.1) is 7.05 Å². The maximum absolute atomic E-state index is 4.23. The first-order valence-electron chi connectivity index (χ1n) is 6.22. The Bertz CT molecular complexity index is 506. The van der Waals surface area contributed by atoms with Gasteiger partial charge in [0.1, 0.15) is 0 Å². The number of aromatic nitrogens is 4. The largest absolute Gasteiger partial charge is 0.313 e. The lowest BCUT2D eigenvalue weighted by molar-refractivity contribution is 0.566. The van der Waals surface area contributed by atoms with Crippen molar-refractivity contribution in [1.82, 2.24) is 25.5 Å². The smallest absolute Gasteiger partial charge is 0.176 e. The van der Waals surface area contributed by atoms with Crippen molar-refractivity contribution in [3.8, 4) is 0 Å². The van der Waals surface area contributed by atoms with Crippen LogP contribution in [-0.2, 0) is 19.9 Å². The molecule has 0 bridgehead atoms. The Hall–Kier alpha value is -1.75. The molecule has 0 fully saturated rings. The van der Waals surface area contributed by atoms with Crippen LogP contribution in [0.1, 0.15) is 29.9 Å². The van der Waals surface area contributed by atoms with Gasteiger partial charge < -0.3 is 5.32 Å². The first kappa shape index (κ1) is 12.7. The first-order valence-corrected chi connectivity index (χ1v) is 6.22. The van der Waals surface area contributed by atoms with Gasteiger partial charge in [-0.05, 0) is 29.8 Å². The predicted octanol–water partition coefficient (Wildman–Crippen LogP) is 1.28. The number of hydrogen-bond donors (Lipinski definition) is 1. The fourth-order valence-electron chi connectivity index (χ4n) is 2.15. The molecule has 1 atom stereocenters. The van der Waals surface area contributed by atoms with Gasteiger partial charge in [-0.25, -0.2) is 0 Å². The minimum absolute atomic E-state index is 0.227. The van der Waals surface area contributed by atoms with E-state index in [4.69, 9.17) is 0 Å². The molecule has 0 aliphatic heterocycles. The highest BCUT2D eigenvalue weighted by Gasteiger charge is 2.15. The number of likely N-dealkylation sites (N-methyl/N-ethyl adjacent to an activating group) is 1. The number of hydrogen-bond acceptors (Lipinski definition) is 4. The average Bonchev–Trinajstić information content (AvgIpc) is 2.81. The Labute approximate surface area is 107 Å². The van der Waals surface area contributed by atoms with Crippen molar-refractivity contribution < 1.29 is 0 Å². The van der Waals surface area contributed by atoms with Crippen LogP contribution in [0.2, 0.25) is 0 Å². The Morgan fingerprint density at radius 2 is 2.11 bits per heavy atom. The van der Waals surface area contributed by atoms with Gasteiger partial charge in [0, 0.05) is 12.5 Å². The van der Waals surface area contributed by atoms with Crippen molar-refractivity contribution in [2.75, 3.05) is 7.05 Å². The molecule has 0 saturated heterocycles. The molecule has 5 nitrogen and oxygen atoms in total. The van der Waals surface area contributed by atoms with E-state index in [0.717, 1.165) is 18.7 Å². The Morgan fingerprint density at radius 3 is 2.72 bits per heavy atom. The molecule has 18 heavy (non-hydrogen) atoms. The highest BCUT2D eigenvalue weighted by Crippen LogP contribution is 2.20. The van der Waals surface area contributed by atoms with Crippen molar-refractivity contribution >= 4 is 0 Å². The van der Waals surface area contributed by atoms with E-state index in [2.05, 4.69) is 51.9 Å². The van der Waals surface area contributed by atoms with Crippen LogP contribution in [-0.4, -0.2) is 27.3 Å². The van der Waals surface area contributed by atoms with Gasteiger partial charge in [-0.2, -0.15) is 4.80 Å². The fraction of sp³-hybridized carbons (Fsp3) is 0.462. The maximum atomic E-state index is 4.23. The number of aryl methyl sites for hydroxylation is 2. The van der Waals surface area contributed by atoms with Gasteiger partial charge in [0.2, 0.25) is 0 Å². The second-order valence-corrected chi connectivity index (χ2v) is 4.29. The summed E-state index contributed by atoms with van der Waals surface area (Å²) in [6, 6.07) is 8.71. The third-order valence-electron chi connectivity index (χ3n) is 3.10. The lowest BCUT2D eigenvalue weighted by Gasteiger charge is -2.18. The summed E-state index contributed by atoms with van der Waals surface area (Å²) in [5.74, 6) is 0.766. The SMILES string of the molecule is CCc1ccccc1C(Cc1nnn(C)n1)NC. The summed E-state index contributed by atoms with van der Waals surface area (Å²) in [5.41, 5.74) is 2.68. The van der Waals surface area contributed by atoms with Gasteiger partial charge in [0.25, 0.3) is 0 Å². The lowest BCUT2D eigenvalue weighted by Crippen LogP contribution is -2.21. The summed E-state index contributed by atoms with van der Waals surface area (Å²) < 4.78 is 0. The molecular weight excluding hydrogens is 226 g/mol. The van der Waals surface area contributed by atoms with Crippen LogP contribution in [0, 0.1) is 0 Å². The minimum atomic E-state index is 0.227. The van der Waals surface area contributed by atoms with Crippen LogP contribution in [0.5, 0.6) is 0 Å². The molecule has 1 heterocycles. The Kier molecular flexibility index (Phi) is 4.04. The summed E-state index contributed by atoms with van der Waals surface area (Å²) in [6.45, 7) is 2.17. The summed E-state index contributed by atoms with van der Waals surface area (Å²) in [4.78, 5) is 1.49. The third-order valence-corrected chi connectivity index (χ3v) is 3.10. The zero-order chi connectivity index (χ0) is 13.0. The minimum Gasteiger partial charge on any atom is -0.313 e. The van der Waals surface area contributed by atoms with E-state index in [9.17, 15) is 0 Å². The summed E-state index contributed by atoms with van der Waals surface area (Å²) in [6.07, 6.45) is 1.78. The zero-order valence-corrected chi connectivity index (χ0v) is 11.1. The van der Waals surface area contributed by atoms with Gasteiger partial charge in [-0.3, -0.25) is 0 Å². The van der Waals surface area contributed by atoms with E-state index >= 15 is 0 Å². The number of nitrogens with one attached hydrogen (secondary N) is 1. The number of nitrogens with zero attached hydrogens (tertiary/aromatic N) is 4. The molecule has 96 valence electrons. The lowest BCUT2D eigenvalue weighted by atomic mass is 9.96. The molecule has 0 spiro atoms. The number of tetrazole rings is 1. The first-order chi connectivity index (χ1) is 8.74. The second kappa shape index (κ2) is 5.73. The molecule has 0 aliphatic carbocycles. The second-order valence-electron chi connectivity index (χ2n) is 4.29. The van der Waals surface area contributed by atoms with Crippen LogP contribution in [0.4, 0.5) is 0 Å². The van der Waals surface area contributed by atoms with Crippen LogP contribution in [0.15, 0.2) is 24.3 Å². The molecule has 2 rings (SSSR count). The third kappa shape index (κ3) is 2.73. The quantitative estimate of drug-likeness (QED) is 0.862. The van der Waals surface area contributed by atoms with Crippen LogP contribution >= 0.6 is 0 Å². The highest BCUT2D eigenvalue weighted by molar-refractivity contribution is 5.30. The molecule has 0 saturated carbocycles. The predicted molar refractivity (Wildman–Crippen MR) is 70.1 cm³/mol. The molecule has 0 radical (unpaired) electrons. The van der Waals surface area contributed by atoms with E-state index in [0.29, 0.717) is 0 Å². The topological polar surface area (TPSA) is 55.6 Å². The Morgan fingerprint density at radius 1 is 1.33 bits per heavy atom. The Balaban J connectivity index is 2.22. The summed E-state index contributed by atoms with van der Waals surface area (Å²) in [7, 11) is 3.75. The number of benzene rings is 1. The molecular formula is C13H19N5. The van der Waals surface area contributed by atoms with Gasteiger partial charge >= 0.3 is 0 Å². The summed E-state index contributed by atoms with van der Waals surface area (Å²) in [5, 5.41) is 15.5. The number of rotatable bonds is 5. The van der Waals surface area contributed by atoms with Gasteiger partial charge in [0.15, 0.2) is 5.82 Å². The zero-order valence-electron chi connectivity index (χ0n) is 11.1. The molecule has 0 aliphatic rings. The van der Waals surface area contributed by atoms with Crippen LogP contribution in [0.3, 0.4) is 0 Å². The normalized spacial score (nSPS) is 12.6.